The largest absolute Gasteiger partial charge is 0.305 e. The molecule has 0 spiro atoms. The summed E-state index contributed by atoms with van der Waals surface area (Å²) >= 11 is 1.53. The highest BCUT2D eigenvalue weighted by molar-refractivity contribution is 7.91. The van der Waals surface area contributed by atoms with Crippen LogP contribution in [0.2, 0.25) is 0 Å². The fourth-order valence-corrected chi connectivity index (χ4v) is 4.93. The van der Waals surface area contributed by atoms with Gasteiger partial charge in [-0.25, -0.2) is 13.4 Å². The molecule has 1 fully saturated rings. The number of nitrogens with one attached hydrogen (secondary N) is 1. The average Bonchev–Trinajstić information content (AvgIpc) is 2.83. The molecule has 1 aromatic rings. The molecule has 0 aromatic carbocycles. The van der Waals surface area contributed by atoms with Gasteiger partial charge in [-0.2, -0.15) is 0 Å². The Balaban J connectivity index is 2.28. The predicted molar refractivity (Wildman–Crippen MR) is 65.4 cm³/mol. The summed E-state index contributed by atoms with van der Waals surface area (Å²) in [5.74, 6) is 0.455. The maximum Gasteiger partial charge on any atom is 0.152 e. The van der Waals surface area contributed by atoms with Gasteiger partial charge < -0.3 is 5.32 Å². The van der Waals surface area contributed by atoms with Gasteiger partial charge in [0.25, 0.3) is 0 Å². The Morgan fingerprint density at radius 2 is 2.44 bits per heavy atom. The van der Waals surface area contributed by atoms with Gasteiger partial charge in [-0.15, -0.1) is 11.3 Å². The maximum absolute atomic E-state index is 11.6. The standard InChI is InChI=1S/C10H16N2O2S2/c1-2-4-12-10(9-11-5-6-15-9)3-7-16(13,14)8-10/h5-6,12H,2-4,7-8H2,1H3. The van der Waals surface area contributed by atoms with Gasteiger partial charge in [0.05, 0.1) is 17.0 Å². The van der Waals surface area contributed by atoms with Gasteiger partial charge in [-0.1, -0.05) is 6.92 Å². The van der Waals surface area contributed by atoms with E-state index < -0.39 is 15.4 Å². The van der Waals surface area contributed by atoms with E-state index in [-0.39, 0.29) is 11.5 Å². The van der Waals surface area contributed by atoms with E-state index in [2.05, 4.69) is 17.2 Å². The van der Waals surface area contributed by atoms with E-state index in [1.165, 1.54) is 11.3 Å². The van der Waals surface area contributed by atoms with Gasteiger partial charge in [-0.05, 0) is 19.4 Å². The first kappa shape index (κ1) is 12.0. The van der Waals surface area contributed by atoms with Gasteiger partial charge in [-0.3, -0.25) is 0 Å². The van der Waals surface area contributed by atoms with Crippen LogP contribution in [-0.4, -0.2) is 31.5 Å². The van der Waals surface area contributed by atoms with Crippen LogP contribution in [0.1, 0.15) is 24.8 Å². The second kappa shape index (κ2) is 4.43. The molecule has 1 aromatic heterocycles. The van der Waals surface area contributed by atoms with E-state index in [0.29, 0.717) is 6.42 Å². The zero-order valence-corrected chi connectivity index (χ0v) is 10.9. The Hall–Kier alpha value is -0.460. The fourth-order valence-electron chi connectivity index (χ4n) is 2.06. The monoisotopic (exact) mass is 260 g/mol. The second-order valence-corrected chi connectivity index (χ2v) is 7.27. The summed E-state index contributed by atoms with van der Waals surface area (Å²) in [7, 11) is -2.91. The van der Waals surface area contributed by atoms with Crippen molar-refractivity contribution in [2.75, 3.05) is 18.1 Å². The third-order valence-corrected chi connectivity index (χ3v) is 5.60. The summed E-state index contributed by atoms with van der Waals surface area (Å²) < 4.78 is 23.3. The summed E-state index contributed by atoms with van der Waals surface area (Å²) in [6, 6.07) is 0. The molecule has 0 aliphatic carbocycles. The minimum atomic E-state index is -2.91. The Kier molecular flexibility index (Phi) is 3.32. The van der Waals surface area contributed by atoms with E-state index in [0.717, 1.165) is 18.0 Å². The predicted octanol–water partition coefficient (Wildman–Crippen LogP) is 1.16. The van der Waals surface area contributed by atoms with Gasteiger partial charge in [0.1, 0.15) is 5.01 Å². The van der Waals surface area contributed by atoms with Crippen molar-refractivity contribution in [3.05, 3.63) is 16.6 Å². The van der Waals surface area contributed by atoms with E-state index in [1.54, 1.807) is 6.20 Å². The smallest absolute Gasteiger partial charge is 0.152 e. The Morgan fingerprint density at radius 1 is 1.62 bits per heavy atom. The lowest BCUT2D eigenvalue weighted by Crippen LogP contribution is -2.43. The number of aromatic nitrogens is 1. The van der Waals surface area contributed by atoms with E-state index >= 15 is 0 Å². The van der Waals surface area contributed by atoms with Crippen LogP contribution >= 0.6 is 11.3 Å². The molecule has 1 atom stereocenters. The number of rotatable bonds is 4. The first-order valence-corrected chi connectivity index (χ1v) is 8.13. The first-order chi connectivity index (χ1) is 7.58. The number of sulfone groups is 1. The molecular weight excluding hydrogens is 244 g/mol. The van der Waals surface area contributed by atoms with Gasteiger partial charge in [0.15, 0.2) is 9.84 Å². The maximum atomic E-state index is 11.6. The van der Waals surface area contributed by atoms with Gasteiger partial charge in [0, 0.05) is 11.6 Å². The molecule has 1 saturated heterocycles. The second-order valence-electron chi connectivity index (χ2n) is 4.19. The number of nitrogens with zero attached hydrogens (tertiary/aromatic N) is 1. The van der Waals surface area contributed by atoms with Crippen molar-refractivity contribution in [2.45, 2.75) is 25.3 Å². The Morgan fingerprint density at radius 3 is 2.94 bits per heavy atom. The van der Waals surface area contributed by atoms with Crippen LogP contribution in [0.25, 0.3) is 0 Å². The van der Waals surface area contributed by atoms with Crippen LogP contribution in [0, 0.1) is 0 Å². The number of hydrogen-bond acceptors (Lipinski definition) is 5. The molecule has 0 bridgehead atoms. The van der Waals surface area contributed by atoms with Crippen molar-refractivity contribution >= 4 is 21.2 Å². The van der Waals surface area contributed by atoms with Crippen LogP contribution in [-0.2, 0) is 15.4 Å². The Bertz CT molecular complexity index is 441. The zero-order valence-electron chi connectivity index (χ0n) is 9.27. The van der Waals surface area contributed by atoms with Crippen molar-refractivity contribution in [3.8, 4) is 0 Å². The first-order valence-electron chi connectivity index (χ1n) is 5.43. The minimum absolute atomic E-state index is 0.188. The van der Waals surface area contributed by atoms with Crippen molar-refractivity contribution in [1.29, 1.82) is 0 Å². The molecule has 16 heavy (non-hydrogen) atoms. The van der Waals surface area contributed by atoms with Gasteiger partial charge in [0.2, 0.25) is 0 Å². The lowest BCUT2D eigenvalue weighted by atomic mass is 10.00. The molecule has 0 radical (unpaired) electrons. The summed E-state index contributed by atoms with van der Waals surface area (Å²) in [5.41, 5.74) is -0.428. The van der Waals surface area contributed by atoms with Crippen molar-refractivity contribution < 1.29 is 8.42 Å². The van der Waals surface area contributed by atoms with Crippen LogP contribution < -0.4 is 5.32 Å². The molecule has 90 valence electrons. The lowest BCUT2D eigenvalue weighted by molar-refractivity contribution is 0.374. The molecule has 1 aliphatic rings. The van der Waals surface area contributed by atoms with Crippen molar-refractivity contribution in [1.82, 2.24) is 10.3 Å². The molecule has 1 aliphatic heterocycles. The molecular formula is C10H16N2O2S2. The molecule has 6 heteroatoms. The topological polar surface area (TPSA) is 59.1 Å². The van der Waals surface area contributed by atoms with Crippen molar-refractivity contribution in [3.63, 3.8) is 0 Å². The van der Waals surface area contributed by atoms with Crippen LogP contribution in [0.15, 0.2) is 11.6 Å². The number of thiazole rings is 1. The SMILES string of the molecule is CCCNC1(c2nccs2)CCS(=O)(=O)C1. The normalized spacial score (nSPS) is 28.3. The molecule has 4 nitrogen and oxygen atoms in total. The summed E-state index contributed by atoms with van der Waals surface area (Å²) in [5, 5.41) is 6.17. The highest BCUT2D eigenvalue weighted by atomic mass is 32.2. The third kappa shape index (κ3) is 2.28. The molecule has 0 amide bonds. The molecule has 2 heterocycles. The van der Waals surface area contributed by atoms with E-state index in [4.69, 9.17) is 0 Å². The third-order valence-electron chi connectivity index (χ3n) is 2.86. The van der Waals surface area contributed by atoms with Gasteiger partial charge >= 0.3 is 0 Å². The summed E-state index contributed by atoms with van der Waals surface area (Å²) in [6.45, 7) is 2.90. The molecule has 0 saturated carbocycles. The van der Waals surface area contributed by atoms with Crippen LogP contribution in [0.4, 0.5) is 0 Å². The molecule has 1 N–H and O–H groups in total. The van der Waals surface area contributed by atoms with Crippen LogP contribution in [0.5, 0.6) is 0 Å². The fraction of sp³-hybridized carbons (Fsp3) is 0.700. The minimum Gasteiger partial charge on any atom is -0.305 e. The number of hydrogen-bond donors (Lipinski definition) is 1. The molecule has 2 rings (SSSR count). The zero-order chi connectivity index (χ0) is 11.6. The van der Waals surface area contributed by atoms with E-state index in [9.17, 15) is 8.42 Å². The highest BCUT2D eigenvalue weighted by Crippen LogP contribution is 2.34. The average molecular weight is 260 g/mol. The van der Waals surface area contributed by atoms with Crippen LogP contribution in [0.3, 0.4) is 0 Å². The molecule has 1 unspecified atom stereocenters. The Labute approximate surface area is 100 Å². The van der Waals surface area contributed by atoms with E-state index in [1.807, 2.05) is 5.38 Å². The lowest BCUT2D eigenvalue weighted by Gasteiger charge is -2.26. The summed E-state index contributed by atoms with van der Waals surface area (Å²) in [6.07, 6.45) is 3.37. The van der Waals surface area contributed by atoms with Crippen molar-refractivity contribution in [2.24, 2.45) is 0 Å². The highest BCUT2D eigenvalue weighted by Gasteiger charge is 2.44. The summed E-state index contributed by atoms with van der Waals surface area (Å²) in [4.78, 5) is 4.28. The quantitative estimate of drug-likeness (QED) is 0.882.